The third kappa shape index (κ3) is 4.54. The Labute approximate surface area is 134 Å². The normalized spacial score (nSPS) is 11.5. The molecule has 23 heavy (non-hydrogen) atoms. The summed E-state index contributed by atoms with van der Waals surface area (Å²) < 4.78 is 7.46. The first-order valence-electron chi connectivity index (χ1n) is 7.45. The smallest absolute Gasteiger partial charge is 0.260 e. The molecule has 1 heterocycles. The molecule has 7 heteroatoms. The van der Waals surface area contributed by atoms with Gasteiger partial charge in [-0.1, -0.05) is 13.0 Å². The van der Waals surface area contributed by atoms with Crippen molar-refractivity contribution in [3.63, 3.8) is 0 Å². The van der Waals surface area contributed by atoms with Gasteiger partial charge >= 0.3 is 0 Å². The average molecular weight is 313 g/mol. The van der Waals surface area contributed by atoms with E-state index in [1.807, 2.05) is 17.6 Å². The van der Waals surface area contributed by atoms with Gasteiger partial charge in [-0.15, -0.1) is 10.2 Å². The minimum absolute atomic E-state index is 0.210. The number of nitrogens with zero attached hydrogens (tertiary/aromatic N) is 4. The van der Waals surface area contributed by atoms with Crippen molar-refractivity contribution in [2.45, 2.75) is 32.9 Å². The van der Waals surface area contributed by atoms with E-state index in [2.05, 4.69) is 15.5 Å². The van der Waals surface area contributed by atoms with E-state index >= 15 is 0 Å². The highest BCUT2D eigenvalue weighted by atomic mass is 16.5. The van der Waals surface area contributed by atoms with Crippen molar-refractivity contribution in [3.8, 4) is 11.8 Å². The maximum absolute atomic E-state index is 12.0. The monoisotopic (exact) mass is 313 g/mol. The standard InChI is InChI=1S/C16H19N5O2/c1-3-15-20-19-11-21(15)8-7-18-16(22)12(2)23-14-6-4-5-13(9-14)10-17/h4-6,9,11-12H,3,7-8H2,1-2H3,(H,18,22)/t12-/m0/s1. The minimum Gasteiger partial charge on any atom is -0.481 e. The maximum atomic E-state index is 12.0. The molecule has 7 nitrogen and oxygen atoms in total. The van der Waals surface area contributed by atoms with E-state index in [1.54, 1.807) is 37.5 Å². The second-order valence-corrected chi connectivity index (χ2v) is 4.98. The summed E-state index contributed by atoms with van der Waals surface area (Å²) in [5.74, 6) is 1.18. The van der Waals surface area contributed by atoms with Gasteiger partial charge in [0.05, 0.1) is 11.6 Å². The summed E-state index contributed by atoms with van der Waals surface area (Å²) in [5.41, 5.74) is 0.495. The number of aryl methyl sites for hydroxylation is 1. The molecular formula is C16H19N5O2. The van der Waals surface area contributed by atoms with Crippen LogP contribution in [0.5, 0.6) is 5.75 Å². The van der Waals surface area contributed by atoms with Gasteiger partial charge in [-0.25, -0.2) is 0 Å². The first-order valence-corrected chi connectivity index (χ1v) is 7.45. The van der Waals surface area contributed by atoms with E-state index in [0.717, 1.165) is 12.2 Å². The Bertz CT molecular complexity index is 704. The number of aromatic nitrogens is 3. The second kappa shape index (κ2) is 7.94. The van der Waals surface area contributed by atoms with Gasteiger partial charge in [0.15, 0.2) is 6.10 Å². The number of ether oxygens (including phenoxy) is 1. The van der Waals surface area contributed by atoms with Gasteiger partial charge in [0.2, 0.25) is 0 Å². The van der Waals surface area contributed by atoms with Crippen LogP contribution in [0.4, 0.5) is 0 Å². The van der Waals surface area contributed by atoms with Crippen molar-refractivity contribution >= 4 is 5.91 Å². The number of benzene rings is 1. The van der Waals surface area contributed by atoms with Gasteiger partial charge in [0, 0.05) is 19.5 Å². The van der Waals surface area contributed by atoms with Gasteiger partial charge in [0.1, 0.15) is 17.9 Å². The Morgan fingerprint density at radius 1 is 1.52 bits per heavy atom. The zero-order chi connectivity index (χ0) is 16.7. The third-order valence-electron chi connectivity index (χ3n) is 3.31. The number of nitriles is 1. The average Bonchev–Trinajstić information content (AvgIpc) is 3.02. The highest BCUT2D eigenvalue weighted by molar-refractivity contribution is 5.80. The Morgan fingerprint density at radius 2 is 2.35 bits per heavy atom. The predicted octanol–water partition coefficient (Wildman–Crippen LogP) is 1.30. The predicted molar refractivity (Wildman–Crippen MR) is 83.7 cm³/mol. The molecule has 2 aromatic rings. The molecule has 0 aliphatic rings. The van der Waals surface area contributed by atoms with E-state index in [4.69, 9.17) is 10.00 Å². The topological polar surface area (TPSA) is 92.8 Å². The summed E-state index contributed by atoms with van der Waals surface area (Å²) in [6.45, 7) is 4.75. The van der Waals surface area contributed by atoms with E-state index in [0.29, 0.717) is 24.4 Å². The second-order valence-electron chi connectivity index (χ2n) is 4.98. The molecule has 0 fully saturated rings. The molecule has 1 aromatic carbocycles. The molecule has 0 radical (unpaired) electrons. The number of rotatable bonds is 7. The number of hydrogen-bond donors (Lipinski definition) is 1. The van der Waals surface area contributed by atoms with Gasteiger partial charge in [-0.3, -0.25) is 4.79 Å². The van der Waals surface area contributed by atoms with Crippen molar-refractivity contribution in [1.82, 2.24) is 20.1 Å². The lowest BCUT2D eigenvalue weighted by molar-refractivity contribution is -0.127. The van der Waals surface area contributed by atoms with Crippen LogP contribution in [0.25, 0.3) is 0 Å². The highest BCUT2D eigenvalue weighted by Crippen LogP contribution is 2.14. The lowest BCUT2D eigenvalue weighted by Crippen LogP contribution is -2.38. The van der Waals surface area contributed by atoms with Gasteiger partial charge in [0.25, 0.3) is 5.91 Å². The van der Waals surface area contributed by atoms with Crippen molar-refractivity contribution in [2.24, 2.45) is 0 Å². The summed E-state index contributed by atoms with van der Waals surface area (Å²) in [7, 11) is 0. The summed E-state index contributed by atoms with van der Waals surface area (Å²) in [5, 5.41) is 19.5. The quantitative estimate of drug-likeness (QED) is 0.831. The SMILES string of the molecule is CCc1nncn1CCNC(=O)[C@H](C)Oc1cccc(C#N)c1. The zero-order valence-electron chi connectivity index (χ0n) is 13.2. The molecule has 120 valence electrons. The molecule has 0 unspecified atom stereocenters. The molecule has 0 saturated carbocycles. The van der Waals surface area contributed by atoms with Crippen LogP contribution in [0.3, 0.4) is 0 Å². The fraction of sp³-hybridized carbons (Fsp3) is 0.375. The molecule has 1 aromatic heterocycles. The molecular weight excluding hydrogens is 294 g/mol. The zero-order valence-corrected chi connectivity index (χ0v) is 13.2. The van der Waals surface area contributed by atoms with Crippen LogP contribution in [0.15, 0.2) is 30.6 Å². The van der Waals surface area contributed by atoms with Crippen LogP contribution < -0.4 is 10.1 Å². The van der Waals surface area contributed by atoms with Crippen LogP contribution in [0.1, 0.15) is 25.2 Å². The molecule has 0 aliphatic heterocycles. The van der Waals surface area contributed by atoms with Crippen LogP contribution >= 0.6 is 0 Å². The van der Waals surface area contributed by atoms with Gasteiger partial charge in [-0.05, 0) is 25.1 Å². The minimum atomic E-state index is -0.643. The number of nitrogens with one attached hydrogen (secondary N) is 1. The molecule has 0 spiro atoms. The molecule has 0 bridgehead atoms. The fourth-order valence-electron chi connectivity index (χ4n) is 2.08. The molecule has 1 atom stereocenters. The number of hydrogen-bond acceptors (Lipinski definition) is 5. The summed E-state index contributed by atoms with van der Waals surface area (Å²) in [4.78, 5) is 12.0. The number of carbonyl (C=O) groups is 1. The van der Waals surface area contributed by atoms with E-state index < -0.39 is 6.10 Å². The van der Waals surface area contributed by atoms with Crippen molar-refractivity contribution in [1.29, 1.82) is 5.26 Å². The van der Waals surface area contributed by atoms with Crippen LogP contribution in [0, 0.1) is 11.3 Å². The third-order valence-corrected chi connectivity index (χ3v) is 3.31. The van der Waals surface area contributed by atoms with Crippen molar-refractivity contribution < 1.29 is 9.53 Å². The van der Waals surface area contributed by atoms with E-state index in [1.165, 1.54) is 0 Å². The summed E-state index contributed by atoms with van der Waals surface area (Å²) >= 11 is 0. The highest BCUT2D eigenvalue weighted by Gasteiger charge is 2.14. The maximum Gasteiger partial charge on any atom is 0.260 e. The van der Waals surface area contributed by atoms with Gasteiger partial charge < -0.3 is 14.6 Å². The first kappa shape index (κ1) is 16.5. The van der Waals surface area contributed by atoms with Crippen molar-refractivity contribution in [2.75, 3.05) is 6.54 Å². The van der Waals surface area contributed by atoms with E-state index in [-0.39, 0.29) is 5.91 Å². The molecule has 1 N–H and O–H groups in total. The summed E-state index contributed by atoms with van der Waals surface area (Å²) in [6.07, 6.45) is 1.80. The van der Waals surface area contributed by atoms with E-state index in [9.17, 15) is 4.79 Å². The number of carbonyl (C=O) groups excluding carboxylic acids is 1. The first-order chi connectivity index (χ1) is 11.1. The van der Waals surface area contributed by atoms with Crippen molar-refractivity contribution in [3.05, 3.63) is 42.0 Å². The Hall–Kier alpha value is -2.88. The van der Waals surface area contributed by atoms with Crippen LogP contribution in [-0.4, -0.2) is 33.3 Å². The Kier molecular flexibility index (Phi) is 5.69. The fourth-order valence-corrected chi connectivity index (χ4v) is 2.08. The largest absolute Gasteiger partial charge is 0.481 e. The molecule has 0 saturated heterocycles. The summed E-state index contributed by atoms with van der Waals surface area (Å²) in [6, 6.07) is 8.76. The lowest BCUT2D eigenvalue weighted by Gasteiger charge is -2.15. The van der Waals surface area contributed by atoms with Crippen LogP contribution in [0.2, 0.25) is 0 Å². The van der Waals surface area contributed by atoms with Gasteiger partial charge in [-0.2, -0.15) is 5.26 Å². The molecule has 2 rings (SSSR count). The molecule has 1 amide bonds. The Balaban J connectivity index is 1.82. The molecule has 0 aliphatic carbocycles. The van der Waals surface area contributed by atoms with Crippen LogP contribution in [-0.2, 0) is 17.8 Å². The lowest BCUT2D eigenvalue weighted by atomic mass is 10.2. The Morgan fingerprint density at radius 3 is 3.09 bits per heavy atom. The number of amides is 1.